The van der Waals surface area contributed by atoms with Crippen molar-refractivity contribution in [3.63, 3.8) is 0 Å². The molecule has 1 saturated heterocycles. The summed E-state index contributed by atoms with van der Waals surface area (Å²) in [5, 5.41) is 5.50. The Hall–Kier alpha value is -4.44. The number of carbonyl (C=O) groups is 2. The molecule has 1 aliphatic rings. The summed E-state index contributed by atoms with van der Waals surface area (Å²) in [6.07, 6.45) is 3.02. The average molecular weight is 528 g/mol. The number of carbonyl (C=O) groups excluding carboxylic acids is 2. The number of hydrogen-bond donors (Lipinski definition) is 1. The Bertz CT molecular complexity index is 1700. The summed E-state index contributed by atoms with van der Waals surface area (Å²) >= 11 is 0. The van der Waals surface area contributed by atoms with Crippen molar-refractivity contribution in [3.05, 3.63) is 71.3 Å². The lowest BCUT2D eigenvalue weighted by molar-refractivity contribution is -0.0586. The lowest BCUT2D eigenvalue weighted by atomic mass is 9.97. The van der Waals surface area contributed by atoms with Gasteiger partial charge in [0.05, 0.1) is 36.2 Å². The van der Waals surface area contributed by atoms with Gasteiger partial charge in [0.1, 0.15) is 12.0 Å². The minimum Gasteiger partial charge on any atom is -0.447 e. The van der Waals surface area contributed by atoms with E-state index in [9.17, 15) is 9.59 Å². The topological polar surface area (TPSA) is 130 Å². The van der Waals surface area contributed by atoms with Crippen LogP contribution in [0.3, 0.4) is 0 Å². The number of benzene rings is 2. The number of amides is 2. The molecule has 0 radical (unpaired) electrons. The van der Waals surface area contributed by atoms with Crippen LogP contribution in [0, 0.1) is 13.8 Å². The first-order valence-corrected chi connectivity index (χ1v) is 12.9. The Labute approximate surface area is 224 Å². The van der Waals surface area contributed by atoms with Gasteiger partial charge in [-0.2, -0.15) is 0 Å². The number of aryl methyl sites for hydroxylation is 2. The van der Waals surface area contributed by atoms with Gasteiger partial charge in [-0.1, -0.05) is 5.16 Å². The van der Waals surface area contributed by atoms with Gasteiger partial charge in [-0.25, -0.2) is 4.98 Å². The van der Waals surface area contributed by atoms with Gasteiger partial charge < -0.3 is 28.9 Å². The fourth-order valence-corrected chi connectivity index (χ4v) is 5.75. The molecule has 2 aromatic carbocycles. The summed E-state index contributed by atoms with van der Waals surface area (Å²) < 4.78 is 18.8. The largest absolute Gasteiger partial charge is 0.447 e. The molecular weight excluding hydrogens is 498 g/mol. The highest BCUT2D eigenvalue weighted by Crippen LogP contribution is 2.38. The molecule has 0 aliphatic carbocycles. The second-order valence-electron chi connectivity index (χ2n) is 10.2. The Kier molecular flexibility index (Phi) is 5.99. The van der Waals surface area contributed by atoms with Crippen LogP contribution in [0.4, 0.5) is 0 Å². The van der Waals surface area contributed by atoms with Crippen LogP contribution in [0.25, 0.3) is 32.9 Å². The molecule has 1 aliphatic heterocycles. The Balaban J connectivity index is 1.59. The van der Waals surface area contributed by atoms with Crippen LogP contribution in [0.5, 0.6) is 0 Å². The maximum atomic E-state index is 13.6. The molecule has 2 amide bonds. The van der Waals surface area contributed by atoms with E-state index < -0.39 is 5.91 Å². The molecule has 0 unspecified atom stereocenters. The molecule has 10 nitrogen and oxygen atoms in total. The molecular formula is C29H29N5O5. The first kappa shape index (κ1) is 24.9. The number of oxazole rings is 1. The monoisotopic (exact) mass is 527 g/mol. The third-order valence-corrected chi connectivity index (χ3v) is 7.28. The third kappa shape index (κ3) is 4.26. The van der Waals surface area contributed by atoms with Gasteiger partial charge in [-0.05, 0) is 63.6 Å². The smallest absolute Gasteiger partial charge is 0.254 e. The van der Waals surface area contributed by atoms with Crippen LogP contribution < -0.4 is 5.73 Å². The van der Waals surface area contributed by atoms with Gasteiger partial charge in [-0.15, -0.1) is 0 Å². The standard InChI is InChI=1S/C29H29N5O5/c1-15-12-33(13-16(2)38-15)29(36)19-5-6-23-21(9-19)27-22(28(30)35)10-20(26-17(3)32-39-18(26)4)11-24(27)34(23)14-25-31-7-8-37-25/h5-11,15-16H,12-14H2,1-4H3,(H2,30,35)/t15-,16+. The van der Waals surface area contributed by atoms with E-state index in [1.807, 2.05) is 61.4 Å². The van der Waals surface area contributed by atoms with Gasteiger partial charge in [0, 0.05) is 46.1 Å². The fraction of sp³-hybridized carbons (Fsp3) is 0.310. The van der Waals surface area contributed by atoms with Crippen LogP contribution >= 0.6 is 0 Å². The summed E-state index contributed by atoms with van der Waals surface area (Å²) in [4.78, 5) is 32.6. The summed E-state index contributed by atoms with van der Waals surface area (Å²) in [7, 11) is 0. The molecule has 0 saturated carbocycles. The zero-order valence-corrected chi connectivity index (χ0v) is 22.2. The number of primary amides is 1. The first-order valence-electron chi connectivity index (χ1n) is 12.9. The Morgan fingerprint density at radius 1 is 1.08 bits per heavy atom. The van der Waals surface area contributed by atoms with Crippen LogP contribution in [-0.2, 0) is 11.3 Å². The third-order valence-electron chi connectivity index (χ3n) is 7.28. The zero-order valence-electron chi connectivity index (χ0n) is 22.2. The number of rotatable bonds is 5. The van der Waals surface area contributed by atoms with Crippen molar-refractivity contribution in [1.29, 1.82) is 0 Å². The minimum absolute atomic E-state index is 0.0478. The summed E-state index contributed by atoms with van der Waals surface area (Å²) in [6.45, 7) is 8.96. The highest BCUT2D eigenvalue weighted by atomic mass is 16.5. The van der Waals surface area contributed by atoms with Crippen molar-refractivity contribution in [2.45, 2.75) is 46.4 Å². The van der Waals surface area contributed by atoms with E-state index in [1.54, 1.807) is 12.3 Å². The van der Waals surface area contributed by atoms with Crippen molar-refractivity contribution in [2.24, 2.45) is 5.73 Å². The predicted octanol–water partition coefficient (Wildman–Crippen LogP) is 4.45. The average Bonchev–Trinajstić information content (AvgIpc) is 3.61. The number of hydrogen-bond acceptors (Lipinski definition) is 7. The van der Waals surface area contributed by atoms with Crippen molar-refractivity contribution in [3.8, 4) is 11.1 Å². The van der Waals surface area contributed by atoms with E-state index >= 15 is 0 Å². The van der Waals surface area contributed by atoms with Crippen LogP contribution in [0.15, 0.2) is 51.7 Å². The molecule has 1 fully saturated rings. The number of fused-ring (bicyclic) bond motifs is 3. The summed E-state index contributed by atoms with van der Waals surface area (Å²) in [6, 6.07) is 9.33. The maximum absolute atomic E-state index is 13.6. The van der Waals surface area contributed by atoms with Crippen LogP contribution in [-0.4, -0.2) is 56.7 Å². The minimum atomic E-state index is -0.573. The Morgan fingerprint density at radius 2 is 1.85 bits per heavy atom. The fourth-order valence-electron chi connectivity index (χ4n) is 5.75. The van der Waals surface area contributed by atoms with E-state index in [4.69, 9.17) is 19.4 Å². The lowest BCUT2D eigenvalue weighted by Crippen LogP contribution is -2.48. The highest BCUT2D eigenvalue weighted by Gasteiger charge is 2.28. The van der Waals surface area contributed by atoms with Crippen LogP contribution in [0.2, 0.25) is 0 Å². The second kappa shape index (κ2) is 9.39. The molecule has 0 spiro atoms. The van der Waals surface area contributed by atoms with Crippen LogP contribution in [0.1, 0.15) is 51.9 Å². The van der Waals surface area contributed by atoms with E-state index in [0.29, 0.717) is 53.5 Å². The van der Waals surface area contributed by atoms with Crippen molar-refractivity contribution in [1.82, 2.24) is 19.6 Å². The molecule has 3 aromatic heterocycles. The number of nitrogens with two attached hydrogens (primary N) is 1. The van der Waals surface area contributed by atoms with E-state index in [0.717, 1.165) is 27.5 Å². The van der Waals surface area contributed by atoms with Crippen molar-refractivity contribution < 1.29 is 23.3 Å². The molecule has 0 bridgehead atoms. The van der Waals surface area contributed by atoms with Gasteiger partial charge in [0.2, 0.25) is 11.8 Å². The number of morpholine rings is 1. The molecule has 4 heterocycles. The second-order valence-corrected chi connectivity index (χ2v) is 10.2. The molecule has 5 aromatic rings. The Morgan fingerprint density at radius 3 is 2.49 bits per heavy atom. The van der Waals surface area contributed by atoms with Gasteiger partial charge in [-0.3, -0.25) is 9.59 Å². The molecule has 200 valence electrons. The van der Waals surface area contributed by atoms with E-state index in [-0.39, 0.29) is 18.1 Å². The van der Waals surface area contributed by atoms with E-state index in [2.05, 4.69) is 10.1 Å². The quantitative estimate of drug-likeness (QED) is 0.357. The zero-order chi connectivity index (χ0) is 27.4. The predicted molar refractivity (Wildman–Crippen MR) is 144 cm³/mol. The molecule has 39 heavy (non-hydrogen) atoms. The summed E-state index contributed by atoms with van der Waals surface area (Å²) in [5.41, 5.74) is 10.7. The lowest BCUT2D eigenvalue weighted by Gasteiger charge is -2.35. The molecule has 2 N–H and O–H groups in total. The number of aromatic nitrogens is 3. The number of nitrogens with zero attached hydrogens (tertiary/aromatic N) is 4. The summed E-state index contributed by atoms with van der Waals surface area (Å²) in [5.74, 6) is 0.491. The van der Waals surface area contributed by atoms with Gasteiger partial charge in [0.15, 0.2) is 0 Å². The van der Waals surface area contributed by atoms with Crippen molar-refractivity contribution >= 4 is 33.6 Å². The van der Waals surface area contributed by atoms with Gasteiger partial charge in [0.25, 0.3) is 5.91 Å². The normalized spacial score (nSPS) is 17.8. The highest BCUT2D eigenvalue weighted by molar-refractivity contribution is 6.20. The first-order chi connectivity index (χ1) is 18.7. The van der Waals surface area contributed by atoms with E-state index in [1.165, 1.54) is 6.26 Å². The maximum Gasteiger partial charge on any atom is 0.254 e. The number of ether oxygens (including phenoxy) is 1. The van der Waals surface area contributed by atoms with Crippen molar-refractivity contribution in [2.75, 3.05) is 13.1 Å². The molecule has 2 atom stereocenters. The SMILES string of the molecule is Cc1noc(C)c1-c1cc(C(N)=O)c2c3cc(C(=O)N4C[C@@H](C)O[C@@H](C)C4)ccc3n(Cc3ncco3)c2c1. The van der Waals surface area contributed by atoms with Gasteiger partial charge >= 0.3 is 0 Å². The molecule has 10 heteroatoms. The molecule has 6 rings (SSSR count).